The summed E-state index contributed by atoms with van der Waals surface area (Å²) in [4.78, 5) is 0. The van der Waals surface area contributed by atoms with Gasteiger partial charge in [-0.3, -0.25) is 0 Å². The molecule has 0 aliphatic rings. The van der Waals surface area contributed by atoms with Crippen LogP contribution < -0.4 is 5.73 Å². The zero-order valence-corrected chi connectivity index (χ0v) is 13.6. The molecule has 1 heterocycles. The predicted octanol–water partition coefficient (Wildman–Crippen LogP) is 3.79. The minimum absolute atomic E-state index is 0.103. The number of nitrogens with zero attached hydrogens (tertiary/aromatic N) is 2. The molecule has 5 heteroatoms. The minimum atomic E-state index is 0.103. The second kappa shape index (κ2) is 5.65. The first kappa shape index (κ1) is 14.6. The first-order valence-corrected chi connectivity index (χ1v) is 7.33. The fourth-order valence-electron chi connectivity index (χ4n) is 2.06. The van der Waals surface area contributed by atoms with Gasteiger partial charge in [-0.15, -0.1) is 0 Å². The third-order valence-corrected chi connectivity index (χ3v) is 4.53. The molecule has 0 fully saturated rings. The second-order valence-electron chi connectivity index (χ2n) is 4.85. The number of nitrogens with two attached hydrogens (primary N) is 1. The Balaban J connectivity index is 2.41. The Kier molecular flexibility index (Phi) is 4.33. The summed E-state index contributed by atoms with van der Waals surface area (Å²) in [5.41, 5.74) is 9.87. The number of halogens is 2. The van der Waals surface area contributed by atoms with E-state index in [0.29, 0.717) is 0 Å². The van der Waals surface area contributed by atoms with Crippen LogP contribution in [0, 0.1) is 13.8 Å². The van der Waals surface area contributed by atoms with Crippen LogP contribution in [0.2, 0.25) is 5.02 Å². The number of hydrogen-bond donors (Lipinski definition) is 1. The van der Waals surface area contributed by atoms with Crippen molar-refractivity contribution >= 4 is 27.5 Å². The van der Waals surface area contributed by atoms with E-state index >= 15 is 0 Å². The van der Waals surface area contributed by atoms with Crippen LogP contribution in [0.1, 0.15) is 23.9 Å². The standard InChI is InChI=1S/C14H17BrClN3/c1-8(17)6-11-4-5-12(7-13(11)16)19-10(3)14(15)9(2)18-19/h4-5,7-8H,6,17H2,1-3H3. The molecule has 1 atom stereocenters. The van der Waals surface area contributed by atoms with Crippen LogP contribution in [-0.4, -0.2) is 15.8 Å². The Morgan fingerprint density at radius 3 is 2.58 bits per heavy atom. The van der Waals surface area contributed by atoms with Gasteiger partial charge in [0, 0.05) is 11.1 Å². The molecule has 2 rings (SSSR count). The van der Waals surface area contributed by atoms with Crippen molar-refractivity contribution in [2.45, 2.75) is 33.2 Å². The van der Waals surface area contributed by atoms with Gasteiger partial charge in [0.15, 0.2) is 0 Å². The Morgan fingerprint density at radius 2 is 2.11 bits per heavy atom. The lowest BCUT2D eigenvalue weighted by atomic mass is 10.1. The van der Waals surface area contributed by atoms with Crippen molar-refractivity contribution in [2.24, 2.45) is 5.73 Å². The van der Waals surface area contributed by atoms with E-state index in [-0.39, 0.29) is 6.04 Å². The first-order chi connectivity index (χ1) is 8.90. The van der Waals surface area contributed by atoms with E-state index in [9.17, 15) is 0 Å². The summed E-state index contributed by atoms with van der Waals surface area (Å²) >= 11 is 9.84. The summed E-state index contributed by atoms with van der Waals surface area (Å²) in [5.74, 6) is 0. The number of hydrogen-bond acceptors (Lipinski definition) is 2. The van der Waals surface area contributed by atoms with Gasteiger partial charge in [-0.05, 0) is 60.8 Å². The highest BCUT2D eigenvalue weighted by Gasteiger charge is 2.12. The van der Waals surface area contributed by atoms with Gasteiger partial charge in [0.2, 0.25) is 0 Å². The summed E-state index contributed by atoms with van der Waals surface area (Å²) in [5, 5.41) is 5.23. The largest absolute Gasteiger partial charge is 0.328 e. The number of benzene rings is 1. The van der Waals surface area contributed by atoms with Crippen LogP contribution in [0.15, 0.2) is 22.7 Å². The average molecular weight is 343 g/mol. The number of rotatable bonds is 3. The van der Waals surface area contributed by atoms with Gasteiger partial charge in [-0.1, -0.05) is 17.7 Å². The molecule has 102 valence electrons. The Bertz CT molecular complexity index is 605. The highest BCUT2D eigenvalue weighted by Crippen LogP contribution is 2.26. The number of aromatic nitrogens is 2. The van der Waals surface area contributed by atoms with Gasteiger partial charge < -0.3 is 5.73 Å². The molecule has 3 nitrogen and oxygen atoms in total. The van der Waals surface area contributed by atoms with Crippen LogP contribution in [0.25, 0.3) is 5.69 Å². The van der Waals surface area contributed by atoms with Crippen molar-refractivity contribution in [2.75, 3.05) is 0 Å². The van der Waals surface area contributed by atoms with Crippen molar-refractivity contribution < 1.29 is 0 Å². The van der Waals surface area contributed by atoms with Crippen LogP contribution in [-0.2, 0) is 6.42 Å². The van der Waals surface area contributed by atoms with Crippen molar-refractivity contribution in [1.82, 2.24) is 9.78 Å². The third kappa shape index (κ3) is 3.02. The highest BCUT2D eigenvalue weighted by molar-refractivity contribution is 9.10. The van der Waals surface area contributed by atoms with Gasteiger partial charge in [0.1, 0.15) is 0 Å². The molecule has 19 heavy (non-hydrogen) atoms. The Hall–Kier alpha value is -0.840. The monoisotopic (exact) mass is 341 g/mol. The summed E-state index contributed by atoms with van der Waals surface area (Å²) in [6.45, 7) is 5.97. The molecule has 0 radical (unpaired) electrons. The van der Waals surface area contributed by atoms with Crippen LogP contribution in [0.3, 0.4) is 0 Å². The van der Waals surface area contributed by atoms with E-state index in [0.717, 1.165) is 38.6 Å². The van der Waals surface area contributed by atoms with Gasteiger partial charge in [0.25, 0.3) is 0 Å². The van der Waals surface area contributed by atoms with E-state index in [2.05, 4.69) is 21.0 Å². The van der Waals surface area contributed by atoms with Gasteiger partial charge in [-0.25, -0.2) is 4.68 Å². The lowest BCUT2D eigenvalue weighted by Crippen LogP contribution is -2.18. The molecule has 0 bridgehead atoms. The molecule has 0 saturated heterocycles. The molecule has 0 saturated carbocycles. The first-order valence-electron chi connectivity index (χ1n) is 6.16. The molecule has 1 aromatic heterocycles. The van der Waals surface area contributed by atoms with Gasteiger partial charge in [-0.2, -0.15) is 5.10 Å². The topological polar surface area (TPSA) is 43.8 Å². The molecular formula is C14H17BrClN3. The third-order valence-electron chi connectivity index (χ3n) is 3.03. The minimum Gasteiger partial charge on any atom is -0.328 e. The molecular weight excluding hydrogens is 326 g/mol. The zero-order valence-electron chi connectivity index (χ0n) is 11.2. The van der Waals surface area contributed by atoms with Crippen LogP contribution in [0.5, 0.6) is 0 Å². The molecule has 1 aromatic carbocycles. The Morgan fingerprint density at radius 1 is 1.42 bits per heavy atom. The van der Waals surface area contributed by atoms with Crippen molar-refractivity contribution in [1.29, 1.82) is 0 Å². The van der Waals surface area contributed by atoms with Gasteiger partial charge >= 0.3 is 0 Å². The molecule has 0 aliphatic carbocycles. The lowest BCUT2D eigenvalue weighted by molar-refractivity contribution is 0.737. The van der Waals surface area contributed by atoms with Crippen LogP contribution >= 0.6 is 27.5 Å². The zero-order chi connectivity index (χ0) is 14.2. The summed E-state index contributed by atoms with van der Waals surface area (Å²) < 4.78 is 2.92. The molecule has 1 unspecified atom stereocenters. The Labute approximate surface area is 126 Å². The SMILES string of the molecule is Cc1nn(-c2ccc(CC(C)N)c(Cl)c2)c(C)c1Br. The van der Waals surface area contributed by atoms with Crippen molar-refractivity contribution in [3.8, 4) is 5.69 Å². The maximum Gasteiger partial charge on any atom is 0.0743 e. The molecule has 0 amide bonds. The van der Waals surface area contributed by atoms with Crippen molar-refractivity contribution in [3.63, 3.8) is 0 Å². The average Bonchev–Trinajstić information content (AvgIpc) is 2.59. The molecule has 0 spiro atoms. The molecule has 2 N–H and O–H groups in total. The highest BCUT2D eigenvalue weighted by atomic mass is 79.9. The van der Waals surface area contributed by atoms with E-state index < -0.39 is 0 Å². The maximum absolute atomic E-state index is 6.31. The molecule has 2 aromatic rings. The molecule has 0 aliphatic heterocycles. The van der Waals surface area contributed by atoms with Crippen molar-refractivity contribution in [3.05, 3.63) is 44.6 Å². The van der Waals surface area contributed by atoms with E-state index in [1.807, 2.05) is 43.7 Å². The smallest absolute Gasteiger partial charge is 0.0743 e. The number of aryl methyl sites for hydroxylation is 1. The fourth-order valence-corrected chi connectivity index (χ4v) is 2.55. The van der Waals surface area contributed by atoms with Crippen LogP contribution in [0.4, 0.5) is 0 Å². The summed E-state index contributed by atoms with van der Waals surface area (Å²) in [6, 6.07) is 6.08. The quantitative estimate of drug-likeness (QED) is 0.922. The maximum atomic E-state index is 6.31. The predicted molar refractivity (Wildman–Crippen MR) is 83.1 cm³/mol. The second-order valence-corrected chi connectivity index (χ2v) is 6.05. The van der Waals surface area contributed by atoms with E-state index in [1.165, 1.54) is 0 Å². The summed E-state index contributed by atoms with van der Waals surface area (Å²) in [6.07, 6.45) is 0.778. The normalized spacial score (nSPS) is 12.7. The lowest BCUT2D eigenvalue weighted by Gasteiger charge is -2.10. The fraction of sp³-hybridized carbons (Fsp3) is 0.357. The van der Waals surface area contributed by atoms with E-state index in [1.54, 1.807) is 0 Å². The summed E-state index contributed by atoms with van der Waals surface area (Å²) in [7, 11) is 0. The van der Waals surface area contributed by atoms with Gasteiger partial charge in [0.05, 0.1) is 21.5 Å². The van der Waals surface area contributed by atoms with E-state index in [4.69, 9.17) is 17.3 Å².